The van der Waals surface area contributed by atoms with E-state index in [9.17, 15) is 8.42 Å². The van der Waals surface area contributed by atoms with Gasteiger partial charge in [0, 0.05) is 6.04 Å². The molecule has 0 aliphatic carbocycles. The number of hydrogen-bond acceptors (Lipinski definition) is 3. The van der Waals surface area contributed by atoms with E-state index in [4.69, 9.17) is 11.6 Å². The maximum atomic E-state index is 12.3. The molecular weight excluding hydrogens is 270 g/mol. The molecule has 0 saturated heterocycles. The van der Waals surface area contributed by atoms with E-state index in [0.717, 1.165) is 6.42 Å². The third kappa shape index (κ3) is 3.70. The molecule has 5 heteroatoms. The Kier molecular flexibility index (Phi) is 5.63. The molecule has 0 radical (unpaired) electrons. The Morgan fingerprint density at radius 1 is 1.33 bits per heavy atom. The van der Waals surface area contributed by atoms with Gasteiger partial charge in [0.25, 0.3) is 0 Å². The first kappa shape index (κ1) is 15.5. The van der Waals surface area contributed by atoms with Crippen molar-refractivity contribution >= 4 is 21.4 Å². The second kappa shape index (κ2) is 6.55. The average molecular weight is 290 g/mol. The van der Waals surface area contributed by atoms with E-state index in [-0.39, 0.29) is 21.7 Å². The van der Waals surface area contributed by atoms with E-state index >= 15 is 0 Å². The molecule has 2 atom stereocenters. The minimum absolute atomic E-state index is 0.0590. The highest BCUT2D eigenvalue weighted by Crippen LogP contribution is 2.23. The molecule has 0 aliphatic heterocycles. The lowest BCUT2D eigenvalue weighted by molar-refractivity contribution is 0.414. The van der Waals surface area contributed by atoms with Gasteiger partial charge in [-0.2, -0.15) is 0 Å². The Morgan fingerprint density at radius 2 is 1.94 bits per heavy atom. The molecule has 0 fully saturated rings. The topological polar surface area (TPSA) is 46.2 Å². The van der Waals surface area contributed by atoms with E-state index in [0.29, 0.717) is 5.92 Å². The molecule has 1 rings (SSSR count). The van der Waals surface area contributed by atoms with Crippen molar-refractivity contribution in [2.45, 2.75) is 31.2 Å². The average Bonchev–Trinajstić information content (AvgIpc) is 2.35. The zero-order valence-electron chi connectivity index (χ0n) is 11.0. The van der Waals surface area contributed by atoms with E-state index in [1.165, 1.54) is 0 Å². The molecule has 0 bridgehead atoms. The van der Waals surface area contributed by atoms with Gasteiger partial charge < -0.3 is 5.32 Å². The number of nitrogens with one attached hydrogen (secondary N) is 1. The zero-order valence-corrected chi connectivity index (χ0v) is 12.6. The monoisotopic (exact) mass is 289 g/mol. The van der Waals surface area contributed by atoms with Crippen LogP contribution in [0.4, 0.5) is 0 Å². The molecule has 1 aromatic carbocycles. The number of halogens is 1. The summed E-state index contributed by atoms with van der Waals surface area (Å²) in [6.45, 7) is 4.10. The minimum atomic E-state index is -3.35. The summed E-state index contributed by atoms with van der Waals surface area (Å²) in [5.74, 6) is 0.370. The summed E-state index contributed by atoms with van der Waals surface area (Å²) in [5.41, 5.74) is 0. The van der Waals surface area contributed by atoms with Gasteiger partial charge in [0.15, 0.2) is 9.84 Å². The lowest BCUT2D eigenvalue weighted by atomic mass is 10.0. The highest BCUT2D eigenvalue weighted by atomic mass is 35.5. The number of hydrogen-bond donors (Lipinski definition) is 1. The fourth-order valence-electron chi connectivity index (χ4n) is 1.84. The second-order valence-electron chi connectivity index (χ2n) is 4.49. The SMILES string of the molecule is CCC(C)C(CS(=O)(=O)c1ccccc1Cl)NC. The molecule has 3 nitrogen and oxygen atoms in total. The summed E-state index contributed by atoms with van der Waals surface area (Å²) < 4.78 is 24.6. The van der Waals surface area contributed by atoms with E-state index < -0.39 is 9.84 Å². The predicted octanol–water partition coefficient (Wildman–Crippen LogP) is 2.75. The molecule has 102 valence electrons. The van der Waals surface area contributed by atoms with Gasteiger partial charge in [0.05, 0.1) is 15.7 Å². The van der Waals surface area contributed by atoms with Crippen LogP contribution in [-0.4, -0.2) is 27.3 Å². The lowest BCUT2D eigenvalue weighted by Crippen LogP contribution is -2.38. The fraction of sp³-hybridized carbons (Fsp3) is 0.538. The summed E-state index contributed by atoms with van der Waals surface area (Å²) in [6, 6.07) is 6.52. The van der Waals surface area contributed by atoms with Crippen molar-refractivity contribution < 1.29 is 8.42 Å². The van der Waals surface area contributed by atoms with Crippen molar-refractivity contribution in [2.75, 3.05) is 12.8 Å². The predicted molar refractivity (Wildman–Crippen MR) is 75.8 cm³/mol. The van der Waals surface area contributed by atoms with Gasteiger partial charge in [-0.1, -0.05) is 44.0 Å². The van der Waals surface area contributed by atoms with Gasteiger partial charge in [-0.25, -0.2) is 8.42 Å². The highest BCUT2D eigenvalue weighted by Gasteiger charge is 2.25. The summed E-state index contributed by atoms with van der Waals surface area (Å²) in [4.78, 5) is 0.218. The Morgan fingerprint density at radius 3 is 2.44 bits per heavy atom. The molecule has 0 saturated carbocycles. The Labute approximate surface area is 114 Å². The summed E-state index contributed by atoms with van der Waals surface area (Å²) in [6.07, 6.45) is 0.934. The lowest BCUT2D eigenvalue weighted by Gasteiger charge is -2.22. The first-order valence-electron chi connectivity index (χ1n) is 6.07. The van der Waals surface area contributed by atoms with Crippen molar-refractivity contribution in [1.29, 1.82) is 0 Å². The van der Waals surface area contributed by atoms with Gasteiger partial charge in [-0.3, -0.25) is 0 Å². The van der Waals surface area contributed by atoms with Gasteiger partial charge in [-0.05, 0) is 25.1 Å². The van der Waals surface area contributed by atoms with Crippen molar-refractivity contribution in [3.05, 3.63) is 29.3 Å². The van der Waals surface area contributed by atoms with Gasteiger partial charge in [-0.15, -0.1) is 0 Å². The molecule has 0 aromatic heterocycles. The van der Waals surface area contributed by atoms with E-state index in [1.807, 2.05) is 6.92 Å². The van der Waals surface area contributed by atoms with Crippen molar-refractivity contribution in [2.24, 2.45) is 5.92 Å². The van der Waals surface area contributed by atoms with Crippen LogP contribution in [0.3, 0.4) is 0 Å². The van der Waals surface area contributed by atoms with Crippen LogP contribution in [0.1, 0.15) is 20.3 Å². The third-order valence-corrected chi connectivity index (χ3v) is 5.54. The number of sulfone groups is 1. The van der Waals surface area contributed by atoms with Crippen molar-refractivity contribution in [3.8, 4) is 0 Å². The van der Waals surface area contributed by atoms with Gasteiger partial charge in [0.1, 0.15) is 0 Å². The van der Waals surface area contributed by atoms with E-state index in [2.05, 4.69) is 12.2 Å². The summed E-state index contributed by atoms with van der Waals surface area (Å²) in [7, 11) is -1.56. The smallest absolute Gasteiger partial charge is 0.181 e. The molecule has 1 aromatic rings. The standard InChI is InChI=1S/C13H20ClNO2S/c1-4-10(2)12(15-3)9-18(16,17)13-8-6-5-7-11(13)14/h5-8,10,12,15H,4,9H2,1-3H3. The van der Waals surface area contributed by atoms with E-state index in [1.54, 1.807) is 31.3 Å². The molecule has 0 spiro atoms. The summed E-state index contributed by atoms with van der Waals surface area (Å²) >= 11 is 5.95. The maximum Gasteiger partial charge on any atom is 0.181 e. The van der Waals surface area contributed by atoms with Crippen LogP contribution in [0.5, 0.6) is 0 Å². The van der Waals surface area contributed by atoms with Crippen LogP contribution < -0.4 is 5.32 Å². The van der Waals surface area contributed by atoms with Crippen LogP contribution in [0.25, 0.3) is 0 Å². The number of rotatable bonds is 6. The maximum absolute atomic E-state index is 12.3. The number of benzene rings is 1. The molecular formula is C13H20ClNO2S. The van der Waals surface area contributed by atoms with Crippen LogP contribution in [0, 0.1) is 5.92 Å². The minimum Gasteiger partial charge on any atom is -0.316 e. The Hall–Kier alpha value is -0.580. The third-order valence-electron chi connectivity index (χ3n) is 3.27. The quantitative estimate of drug-likeness (QED) is 0.876. The van der Waals surface area contributed by atoms with Crippen LogP contribution in [-0.2, 0) is 9.84 Å². The molecule has 1 N–H and O–H groups in total. The molecule has 18 heavy (non-hydrogen) atoms. The van der Waals surface area contributed by atoms with Crippen molar-refractivity contribution in [1.82, 2.24) is 5.32 Å². The first-order chi connectivity index (χ1) is 8.42. The summed E-state index contributed by atoms with van der Waals surface area (Å²) in [5, 5.41) is 3.36. The molecule has 0 heterocycles. The van der Waals surface area contributed by atoms with Crippen LogP contribution in [0.2, 0.25) is 5.02 Å². The zero-order chi connectivity index (χ0) is 13.8. The normalized spacial score (nSPS) is 15.3. The Balaban J connectivity index is 2.98. The molecule has 0 amide bonds. The molecule has 2 unspecified atom stereocenters. The Bertz CT molecular complexity index is 488. The fourth-order valence-corrected chi connectivity index (χ4v) is 4.13. The van der Waals surface area contributed by atoms with Crippen molar-refractivity contribution in [3.63, 3.8) is 0 Å². The largest absolute Gasteiger partial charge is 0.316 e. The van der Waals surface area contributed by atoms with Gasteiger partial charge in [0.2, 0.25) is 0 Å². The first-order valence-corrected chi connectivity index (χ1v) is 8.10. The highest BCUT2D eigenvalue weighted by molar-refractivity contribution is 7.91. The van der Waals surface area contributed by atoms with Crippen LogP contribution >= 0.6 is 11.6 Å². The molecule has 0 aliphatic rings. The van der Waals surface area contributed by atoms with Crippen LogP contribution in [0.15, 0.2) is 29.2 Å². The van der Waals surface area contributed by atoms with Gasteiger partial charge >= 0.3 is 0 Å². The second-order valence-corrected chi connectivity index (χ2v) is 6.90.